The summed E-state index contributed by atoms with van der Waals surface area (Å²) >= 11 is 0. The van der Waals surface area contributed by atoms with E-state index < -0.39 is 12.3 Å². The van der Waals surface area contributed by atoms with Crippen LogP contribution in [0, 0.1) is 5.92 Å². The summed E-state index contributed by atoms with van der Waals surface area (Å²) in [6, 6.07) is 7.65. The van der Waals surface area contributed by atoms with Gasteiger partial charge in [0.05, 0.1) is 12.1 Å². The Morgan fingerprint density at radius 2 is 2.21 bits per heavy atom. The van der Waals surface area contributed by atoms with Crippen LogP contribution in [0.25, 0.3) is 16.8 Å². The summed E-state index contributed by atoms with van der Waals surface area (Å²) in [4.78, 5) is 22.6. The van der Waals surface area contributed by atoms with Crippen LogP contribution < -0.4 is 4.74 Å². The highest BCUT2D eigenvalue weighted by Gasteiger charge is 2.27. The fraction of sp³-hybridized carbons (Fsp3) is 0.286. The summed E-state index contributed by atoms with van der Waals surface area (Å²) in [7, 11) is 0. The predicted molar refractivity (Wildman–Crippen MR) is 103 cm³/mol. The second-order valence-corrected chi connectivity index (χ2v) is 7.20. The number of carboxylic acids is 1. The molecule has 1 unspecified atom stereocenters. The first-order valence-corrected chi connectivity index (χ1v) is 9.50. The molecule has 0 radical (unpaired) electrons. The molecule has 1 fully saturated rings. The average molecular weight is 393 g/mol. The molecule has 0 amide bonds. The van der Waals surface area contributed by atoms with Gasteiger partial charge in [0, 0.05) is 11.8 Å². The normalized spacial score (nSPS) is 18.6. The van der Waals surface area contributed by atoms with Crippen LogP contribution in [0.1, 0.15) is 47.2 Å². The number of carbonyl (C=O) groups is 1. The summed E-state index contributed by atoms with van der Waals surface area (Å²) in [5.74, 6) is 0.787. The second-order valence-electron chi connectivity index (χ2n) is 7.20. The molecule has 29 heavy (non-hydrogen) atoms. The second kappa shape index (κ2) is 7.12. The van der Waals surface area contributed by atoms with Crippen molar-refractivity contribution in [3.63, 3.8) is 0 Å². The molecule has 2 aliphatic rings. The monoisotopic (exact) mass is 393 g/mol. The number of carboxylic acid groups (broad SMARTS) is 1. The lowest BCUT2D eigenvalue weighted by Gasteiger charge is -2.25. The summed E-state index contributed by atoms with van der Waals surface area (Å²) in [6.07, 6.45) is 7.31. The Morgan fingerprint density at radius 1 is 1.31 bits per heavy atom. The van der Waals surface area contributed by atoms with E-state index in [2.05, 4.69) is 15.0 Å². The smallest absolute Gasteiger partial charge is 0.339 e. The highest BCUT2D eigenvalue weighted by molar-refractivity contribution is 6.03. The molecule has 5 rings (SSSR count). The van der Waals surface area contributed by atoms with E-state index >= 15 is 0 Å². The van der Waals surface area contributed by atoms with Gasteiger partial charge in [-0.2, -0.15) is 0 Å². The van der Waals surface area contributed by atoms with Gasteiger partial charge in [-0.25, -0.2) is 14.8 Å². The third-order valence-corrected chi connectivity index (χ3v) is 5.30. The van der Waals surface area contributed by atoms with E-state index in [4.69, 9.17) is 14.2 Å². The summed E-state index contributed by atoms with van der Waals surface area (Å²) in [6.45, 7) is 0.733. The van der Waals surface area contributed by atoms with E-state index in [1.165, 1.54) is 38.0 Å². The summed E-state index contributed by atoms with van der Waals surface area (Å²) in [5.41, 5.74) is 2.16. The molecule has 1 aromatic carbocycles. The average Bonchev–Trinajstić information content (AvgIpc) is 3.34. The molecule has 8 heteroatoms. The van der Waals surface area contributed by atoms with Crippen molar-refractivity contribution in [2.45, 2.75) is 25.6 Å². The van der Waals surface area contributed by atoms with E-state index in [0.717, 1.165) is 17.9 Å². The highest BCUT2D eigenvalue weighted by atomic mass is 16.7. The van der Waals surface area contributed by atoms with E-state index in [-0.39, 0.29) is 5.56 Å². The maximum Gasteiger partial charge on any atom is 0.339 e. The third-order valence-electron chi connectivity index (χ3n) is 5.30. The van der Waals surface area contributed by atoms with E-state index in [1.807, 2.05) is 24.3 Å². The molecule has 1 aliphatic carbocycles. The number of aromatic amines is 1. The quantitative estimate of drug-likeness (QED) is 0.654. The Kier molecular flexibility index (Phi) is 4.31. The van der Waals surface area contributed by atoms with Crippen LogP contribution in [0.3, 0.4) is 0 Å². The largest absolute Gasteiger partial charge is 0.493 e. The zero-order valence-corrected chi connectivity index (χ0v) is 15.5. The van der Waals surface area contributed by atoms with Gasteiger partial charge >= 0.3 is 5.97 Å². The lowest BCUT2D eigenvalue weighted by Crippen LogP contribution is -2.19. The molecule has 1 atom stereocenters. The number of rotatable bonds is 6. The number of fused-ring (bicyclic) bond motifs is 1. The van der Waals surface area contributed by atoms with E-state index in [9.17, 15) is 9.90 Å². The minimum absolute atomic E-state index is 0.0797. The van der Waals surface area contributed by atoms with Crippen LogP contribution in [-0.2, 0) is 9.47 Å². The van der Waals surface area contributed by atoms with Crippen molar-refractivity contribution in [1.82, 2.24) is 15.0 Å². The van der Waals surface area contributed by atoms with Crippen molar-refractivity contribution in [2.75, 3.05) is 6.61 Å². The van der Waals surface area contributed by atoms with Crippen LogP contribution in [-0.4, -0.2) is 32.6 Å². The van der Waals surface area contributed by atoms with Gasteiger partial charge < -0.3 is 24.3 Å². The number of hydrogen-bond acceptors (Lipinski definition) is 6. The Morgan fingerprint density at radius 3 is 3.00 bits per heavy atom. The minimum atomic E-state index is -1.06. The topological polar surface area (TPSA) is 107 Å². The van der Waals surface area contributed by atoms with Crippen molar-refractivity contribution >= 4 is 22.8 Å². The lowest BCUT2D eigenvalue weighted by molar-refractivity contribution is -0.0174. The molecule has 0 bridgehead atoms. The Hall–Kier alpha value is -3.55. The van der Waals surface area contributed by atoms with Crippen LogP contribution in [0.2, 0.25) is 0 Å². The van der Waals surface area contributed by atoms with Crippen LogP contribution in [0.5, 0.6) is 5.75 Å². The van der Waals surface area contributed by atoms with Crippen molar-refractivity contribution in [3.8, 4) is 5.75 Å². The minimum Gasteiger partial charge on any atom is -0.493 e. The van der Waals surface area contributed by atoms with Crippen molar-refractivity contribution in [2.24, 2.45) is 5.92 Å². The van der Waals surface area contributed by atoms with Crippen LogP contribution >= 0.6 is 0 Å². The molecular weight excluding hydrogens is 374 g/mol. The van der Waals surface area contributed by atoms with Gasteiger partial charge in [-0.05, 0) is 30.9 Å². The third kappa shape index (κ3) is 3.26. The number of hydrogen-bond donors (Lipinski definition) is 2. The highest BCUT2D eigenvalue weighted by Crippen LogP contribution is 2.36. The number of nitrogens with zero attached hydrogens (tertiary/aromatic N) is 2. The van der Waals surface area contributed by atoms with Crippen LogP contribution in [0.15, 0.2) is 43.1 Å². The first kappa shape index (κ1) is 17.5. The Labute approximate surface area is 166 Å². The van der Waals surface area contributed by atoms with Gasteiger partial charge in [-0.1, -0.05) is 18.6 Å². The van der Waals surface area contributed by atoms with Crippen molar-refractivity contribution < 1.29 is 24.1 Å². The maximum absolute atomic E-state index is 11.3. The molecule has 1 saturated carbocycles. The molecule has 2 N–H and O–H groups in total. The first-order valence-electron chi connectivity index (χ1n) is 9.50. The molecule has 0 saturated heterocycles. The number of aromatic carboxylic acids is 1. The number of ether oxygens (including phenoxy) is 3. The van der Waals surface area contributed by atoms with Crippen molar-refractivity contribution in [3.05, 3.63) is 59.9 Å². The Balaban J connectivity index is 1.34. The van der Waals surface area contributed by atoms with Gasteiger partial charge in [0.1, 0.15) is 35.1 Å². The fourth-order valence-electron chi connectivity index (χ4n) is 3.47. The predicted octanol–water partition coefficient (Wildman–Crippen LogP) is 3.88. The number of benzene rings is 1. The SMILES string of the molecule is O=C(O)c1c[nH]c2c(C3=COC(c4cccc(OCC5CCC5)c4)O3)ncnc12. The molecular formula is C21H19N3O5. The zero-order chi connectivity index (χ0) is 19.8. The fourth-order valence-corrected chi connectivity index (χ4v) is 3.47. The molecule has 8 nitrogen and oxygen atoms in total. The molecule has 2 aromatic heterocycles. The van der Waals surface area contributed by atoms with Crippen LogP contribution in [0.4, 0.5) is 0 Å². The van der Waals surface area contributed by atoms with Crippen molar-refractivity contribution in [1.29, 1.82) is 0 Å². The van der Waals surface area contributed by atoms with Gasteiger partial charge in [0.2, 0.25) is 0 Å². The van der Waals surface area contributed by atoms with Gasteiger partial charge in [0.25, 0.3) is 6.29 Å². The Bertz CT molecular complexity index is 1100. The first-order chi connectivity index (χ1) is 14.2. The summed E-state index contributed by atoms with van der Waals surface area (Å²) < 4.78 is 17.5. The number of nitrogens with one attached hydrogen (secondary N) is 1. The summed E-state index contributed by atoms with van der Waals surface area (Å²) in [5, 5.41) is 9.28. The van der Waals surface area contributed by atoms with E-state index in [0.29, 0.717) is 28.4 Å². The zero-order valence-electron chi connectivity index (χ0n) is 15.5. The maximum atomic E-state index is 11.3. The van der Waals surface area contributed by atoms with Gasteiger partial charge in [-0.15, -0.1) is 0 Å². The molecule has 1 aliphatic heterocycles. The van der Waals surface area contributed by atoms with Gasteiger partial charge in [0.15, 0.2) is 5.76 Å². The standard InChI is InChI=1S/C21H19N3O5/c25-20(26)15-8-22-19-17(15)23-11-24-18(19)16-10-28-21(29-16)13-5-2-6-14(7-13)27-9-12-3-1-4-12/h2,5-8,10-12,21-22H,1,3-4,9H2,(H,25,26). The lowest BCUT2D eigenvalue weighted by atomic mass is 9.86. The van der Waals surface area contributed by atoms with Gasteiger partial charge in [-0.3, -0.25) is 0 Å². The number of H-pyrrole nitrogens is 1. The number of aromatic nitrogens is 3. The molecule has 3 heterocycles. The molecule has 0 spiro atoms. The molecule has 3 aromatic rings. The molecule has 148 valence electrons. The van der Waals surface area contributed by atoms with E-state index in [1.54, 1.807) is 0 Å².